The average molecular weight is 330 g/mol. The number of nitrogens with one attached hydrogen (secondary N) is 1. The van der Waals surface area contributed by atoms with Crippen LogP contribution in [-0.2, 0) is 6.54 Å². The monoisotopic (exact) mass is 328 g/mol. The number of benzene rings is 2. The molecule has 0 spiro atoms. The molecule has 0 saturated carbocycles. The van der Waals surface area contributed by atoms with Crippen LogP contribution in [0, 0.1) is 5.82 Å². The number of para-hydroxylation sites is 1. The number of nitrogen functional groups attached to an aromatic ring is 1. The van der Waals surface area contributed by atoms with Crippen LogP contribution in [0.5, 0.6) is 0 Å². The molecule has 0 bridgehead atoms. The van der Waals surface area contributed by atoms with Gasteiger partial charge in [-0.25, -0.2) is 4.39 Å². The molecule has 0 aliphatic carbocycles. The van der Waals surface area contributed by atoms with Gasteiger partial charge in [0.2, 0.25) is 0 Å². The van der Waals surface area contributed by atoms with Gasteiger partial charge < -0.3 is 11.1 Å². The molecule has 2 aromatic carbocycles. The van der Waals surface area contributed by atoms with Crippen molar-refractivity contribution in [1.29, 1.82) is 0 Å². The Labute approximate surface area is 118 Å². The summed E-state index contributed by atoms with van der Waals surface area (Å²) in [4.78, 5) is 0. The van der Waals surface area contributed by atoms with Crippen molar-refractivity contribution in [2.75, 3.05) is 11.1 Å². The topological polar surface area (TPSA) is 38.0 Å². The first-order chi connectivity index (χ1) is 8.58. The predicted octanol–water partition coefficient (Wildman–Crippen LogP) is 4.44. The van der Waals surface area contributed by atoms with E-state index in [-0.39, 0.29) is 5.82 Å². The highest BCUT2D eigenvalue weighted by Gasteiger charge is 2.08. The van der Waals surface area contributed by atoms with Crippen molar-refractivity contribution < 1.29 is 4.39 Å². The first-order valence-electron chi connectivity index (χ1n) is 5.29. The van der Waals surface area contributed by atoms with E-state index >= 15 is 0 Å². The van der Waals surface area contributed by atoms with Gasteiger partial charge in [0.25, 0.3) is 0 Å². The van der Waals surface area contributed by atoms with Crippen LogP contribution in [0.3, 0.4) is 0 Å². The van der Waals surface area contributed by atoms with Crippen LogP contribution in [0.4, 0.5) is 15.8 Å². The van der Waals surface area contributed by atoms with Crippen molar-refractivity contribution in [2.45, 2.75) is 6.54 Å². The fraction of sp³-hybridized carbons (Fsp3) is 0.0769. The van der Waals surface area contributed by atoms with Gasteiger partial charge in [0, 0.05) is 16.7 Å². The molecule has 0 atom stereocenters. The Kier molecular flexibility index (Phi) is 4.09. The Hall–Kier alpha value is -1.26. The third-order valence-electron chi connectivity index (χ3n) is 2.52. The highest BCUT2D eigenvalue weighted by atomic mass is 79.9. The fourth-order valence-electron chi connectivity index (χ4n) is 1.59. The maximum atomic E-state index is 13.1. The predicted molar refractivity (Wildman–Crippen MR) is 77.3 cm³/mol. The van der Waals surface area contributed by atoms with Gasteiger partial charge in [0.15, 0.2) is 0 Å². The molecule has 0 unspecified atom stereocenters. The Morgan fingerprint density at radius 1 is 1.28 bits per heavy atom. The lowest BCUT2D eigenvalue weighted by molar-refractivity contribution is 0.627. The molecule has 0 heterocycles. The molecule has 0 saturated heterocycles. The van der Waals surface area contributed by atoms with Crippen LogP contribution in [-0.4, -0.2) is 0 Å². The van der Waals surface area contributed by atoms with Crippen LogP contribution in [0.25, 0.3) is 0 Å². The van der Waals surface area contributed by atoms with E-state index in [1.807, 2.05) is 24.3 Å². The molecule has 0 fully saturated rings. The quantitative estimate of drug-likeness (QED) is 0.817. The molecule has 0 amide bonds. The number of rotatable bonds is 3. The van der Waals surface area contributed by atoms with Crippen molar-refractivity contribution in [3.63, 3.8) is 0 Å². The lowest BCUT2D eigenvalue weighted by atomic mass is 10.2. The molecule has 18 heavy (non-hydrogen) atoms. The van der Waals surface area contributed by atoms with E-state index in [0.29, 0.717) is 27.4 Å². The van der Waals surface area contributed by atoms with Crippen LogP contribution in [0.1, 0.15) is 5.56 Å². The van der Waals surface area contributed by atoms with E-state index < -0.39 is 0 Å². The zero-order valence-corrected chi connectivity index (χ0v) is 11.7. The normalized spacial score (nSPS) is 10.4. The number of anilines is 2. The smallest absolute Gasteiger partial charge is 0.125 e. The summed E-state index contributed by atoms with van der Waals surface area (Å²) in [7, 11) is 0. The maximum Gasteiger partial charge on any atom is 0.125 e. The van der Waals surface area contributed by atoms with E-state index in [4.69, 9.17) is 17.3 Å². The average Bonchev–Trinajstić information content (AvgIpc) is 2.30. The minimum absolute atomic E-state index is 0.330. The summed E-state index contributed by atoms with van der Waals surface area (Å²) in [6.45, 7) is 0.524. The Bertz CT molecular complexity index is 552. The molecule has 2 nitrogen and oxygen atoms in total. The molecule has 0 radical (unpaired) electrons. The maximum absolute atomic E-state index is 13.1. The number of nitrogens with two attached hydrogens (primary N) is 1. The Balaban J connectivity index is 2.19. The number of hydrogen-bond acceptors (Lipinski definition) is 2. The van der Waals surface area contributed by atoms with Crippen molar-refractivity contribution in [3.05, 3.63) is 57.3 Å². The van der Waals surface area contributed by atoms with Gasteiger partial charge in [-0.2, -0.15) is 0 Å². The van der Waals surface area contributed by atoms with E-state index in [0.717, 1.165) is 5.56 Å². The van der Waals surface area contributed by atoms with Crippen molar-refractivity contribution in [2.24, 2.45) is 0 Å². The second kappa shape index (κ2) is 5.59. The number of halogens is 3. The molecule has 3 N–H and O–H groups in total. The summed E-state index contributed by atoms with van der Waals surface area (Å²) in [5, 5.41) is 3.47. The molecule has 0 aliphatic heterocycles. The van der Waals surface area contributed by atoms with E-state index in [9.17, 15) is 4.39 Å². The molecular weight excluding hydrogens is 319 g/mol. The fourth-order valence-corrected chi connectivity index (χ4v) is 2.55. The van der Waals surface area contributed by atoms with Gasteiger partial charge in [0.1, 0.15) is 5.82 Å². The lowest BCUT2D eigenvalue weighted by Crippen LogP contribution is -2.04. The summed E-state index contributed by atoms with van der Waals surface area (Å²) >= 11 is 9.25. The Morgan fingerprint density at radius 3 is 2.67 bits per heavy atom. The largest absolute Gasteiger partial charge is 0.398 e. The molecule has 0 aromatic heterocycles. The van der Waals surface area contributed by atoms with Gasteiger partial charge in [-0.3, -0.25) is 0 Å². The number of hydrogen-bond donors (Lipinski definition) is 2. The van der Waals surface area contributed by atoms with Crippen molar-refractivity contribution in [1.82, 2.24) is 0 Å². The van der Waals surface area contributed by atoms with Gasteiger partial charge in [-0.15, -0.1) is 0 Å². The van der Waals surface area contributed by atoms with Crippen LogP contribution in [0.15, 0.2) is 40.9 Å². The third kappa shape index (κ3) is 2.94. The highest BCUT2D eigenvalue weighted by molar-refractivity contribution is 9.10. The van der Waals surface area contributed by atoms with E-state index in [1.54, 1.807) is 0 Å². The molecule has 94 valence electrons. The zero-order chi connectivity index (χ0) is 13.1. The Morgan fingerprint density at radius 2 is 2.00 bits per heavy atom. The van der Waals surface area contributed by atoms with Crippen LogP contribution >= 0.6 is 27.5 Å². The first-order valence-corrected chi connectivity index (χ1v) is 6.47. The second-order valence-electron chi connectivity index (χ2n) is 3.80. The summed E-state index contributed by atoms with van der Waals surface area (Å²) in [6.07, 6.45) is 0. The van der Waals surface area contributed by atoms with Crippen molar-refractivity contribution >= 4 is 38.9 Å². The first kappa shape index (κ1) is 13.2. The third-order valence-corrected chi connectivity index (χ3v) is 3.44. The summed E-state index contributed by atoms with van der Waals surface area (Å²) in [6, 6.07) is 10.2. The van der Waals surface area contributed by atoms with Gasteiger partial charge in [-0.05, 0) is 39.7 Å². The van der Waals surface area contributed by atoms with E-state index in [1.165, 1.54) is 12.1 Å². The standard InChI is InChI=1S/C13H11BrClFN2/c14-10-5-9(16)6-11(15)13(10)18-7-8-3-1-2-4-12(8)17/h1-6,18H,7,17H2. The molecular formula is C13H11BrClFN2. The molecule has 2 rings (SSSR count). The van der Waals surface area contributed by atoms with E-state index in [2.05, 4.69) is 21.2 Å². The lowest BCUT2D eigenvalue weighted by Gasteiger charge is -2.12. The molecule has 5 heteroatoms. The SMILES string of the molecule is Nc1ccccc1CNc1c(Cl)cc(F)cc1Br. The molecule has 2 aromatic rings. The van der Waals surface area contributed by atoms with Gasteiger partial charge in [0.05, 0.1) is 10.7 Å². The van der Waals surface area contributed by atoms with Crippen molar-refractivity contribution in [3.8, 4) is 0 Å². The van der Waals surface area contributed by atoms with Gasteiger partial charge >= 0.3 is 0 Å². The van der Waals surface area contributed by atoms with Crippen LogP contribution < -0.4 is 11.1 Å². The summed E-state index contributed by atoms with van der Waals surface area (Å²) in [5.74, 6) is -0.378. The summed E-state index contributed by atoms with van der Waals surface area (Å²) in [5.41, 5.74) is 8.16. The second-order valence-corrected chi connectivity index (χ2v) is 5.06. The highest BCUT2D eigenvalue weighted by Crippen LogP contribution is 2.32. The van der Waals surface area contributed by atoms with Crippen LogP contribution in [0.2, 0.25) is 5.02 Å². The molecule has 0 aliphatic rings. The van der Waals surface area contributed by atoms with Gasteiger partial charge in [-0.1, -0.05) is 29.8 Å². The summed E-state index contributed by atoms with van der Waals surface area (Å²) < 4.78 is 13.7. The minimum Gasteiger partial charge on any atom is -0.398 e. The minimum atomic E-state index is -0.378. The zero-order valence-electron chi connectivity index (χ0n) is 9.38.